The van der Waals surface area contributed by atoms with E-state index in [-0.39, 0.29) is 22.8 Å². The van der Waals surface area contributed by atoms with Crippen LogP contribution in [-0.4, -0.2) is 28.3 Å². The summed E-state index contributed by atoms with van der Waals surface area (Å²) < 4.78 is 0. The van der Waals surface area contributed by atoms with Crippen LogP contribution in [0.1, 0.15) is 96.8 Å². The number of aliphatic hydroxyl groups excluding tert-OH is 1. The van der Waals surface area contributed by atoms with E-state index < -0.39 is 6.10 Å². The van der Waals surface area contributed by atoms with Crippen LogP contribution in [0.2, 0.25) is 0 Å². The van der Waals surface area contributed by atoms with E-state index in [4.69, 9.17) is 0 Å². The number of rotatable bonds is 6. The summed E-state index contributed by atoms with van der Waals surface area (Å²) in [6.07, 6.45) is 5.25. The molecule has 4 nitrogen and oxygen atoms in total. The van der Waals surface area contributed by atoms with Gasteiger partial charge in [0.15, 0.2) is 0 Å². The Bertz CT molecular complexity index is 688. The number of carbonyl (C=O) groups is 1. The van der Waals surface area contributed by atoms with Crippen LogP contribution in [-0.2, 0) is 22.0 Å². The van der Waals surface area contributed by atoms with E-state index in [2.05, 4.69) is 52.9 Å². The lowest BCUT2D eigenvalue weighted by Crippen LogP contribution is -2.45. The van der Waals surface area contributed by atoms with Gasteiger partial charge in [0, 0.05) is 12.0 Å². The van der Waals surface area contributed by atoms with E-state index in [0.717, 1.165) is 48.8 Å². The highest BCUT2D eigenvalue weighted by molar-refractivity contribution is 5.76. The number of aromatic hydroxyl groups is 1. The lowest BCUT2D eigenvalue weighted by atomic mass is 9.76. The Morgan fingerprint density at radius 1 is 1.11 bits per heavy atom. The summed E-state index contributed by atoms with van der Waals surface area (Å²) >= 11 is 0. The number of benzene rings is 1. The van der Waals surface area contributed by atoms with Crippen molar-refractivity contribution >= 4 is 5.91 Å². The summed E-state index contributed by atoms with van der Waals surface area (Å²) in [6.45, 7) is 12.7. The minimum absolute atomic E-state index is 0.00682. The first-order valence-corrected chi connectivity index (χ1v) is 10.8. The summed E-state index contributed by atoms with van der Waals surface area (Å²) in [4.78, 5) is 12.4. The molecule has 0 radical (unpaired) electrons. The molecule has 0 aliphatic heterocycles. The van der Waals surface area contributed by atoms with Gasteiger partial charge in [0.1, 0.15) is 5.75 Å². The van der Waals surface area contributed by atoms with Crippen LogP contribution in [0.4, 0.5) is 0 Å². The van der Waals surface area contributed by atoms with E-state index in [1.807, 2.05) is 6.07 Å². The molecule has 2 rings (SSSR count). The van der Waals surface area contributed by atoms with Gasteiger partial charge in [-0.3, -0.25) is 4.79 Å². The van der Waals surface area contributed by atoms with Gasteiger partial charge in [0.05, 0.1) is 12.1 Å². The Labute approximate surface area is 170 Å². The quantitative estimate of drug-likeness (QED) is 0.659. The Hall–Kier alpha value is -1.55. The summed E-state index contributed by atoms with van der Waals surface area (Å²) in [5.74, 6) is 0.380. The molecule has 0 heterocycles. The van der Waals surface area contributed by atoms with Crippen LogP contribution < -0.4 is 5.32 Å². The van der Waals surface area contributed by atoms with Gasteiger partial charge in [-0.1, -0.05) is 66.5 Å². The SMILES string of the molecule is CCC(C)(C)c1cc(CCC(=O)NC2CCCCC2O)cc(C(C)(C)C)c1O. The second kappa shape index (κ2) is 8.86. The standard InChI is InChI=1S/C24H39NO3/c1-7-24(5,6)18-15-16(14-17(22(18)28)23(2,3)4)12-13-21(27)25-19-10-8-9-11-20(19)26/h14-15,19-20,26,28H,7-13H2,1-6H3,(H,25,27). The summed E-state index contributed by atoms with van der Waals surface area (Å²) in [6, 6.07) is 4.00. The van der Waals surface area contributed by atoms with E-state index in [1.165, 1.54) is 0 Å². The maximum Gasteiger partial charge on any atom is 0.220 e. The Morgan fingerprint density at radius 3 is 2.29 bits per heavy atom. The zero-order valence-corrected chi connectivity index (χ0v) is 18.6. The Balaban J connectivity index is 2.18. The number of aliphatic hydroxyl groups is 1. The molecule has 1 aromatic carbocycles. The van der Waals surface area contributed by atoms with E-state index in [9.17, 15) is 15.0 Å². The third-order valence-electron chi connectivity index (χ3n) is 6.31. The number of phenols is 1. The lowest BCUT2D eigenvalue weighted by molar-refractivity contribution is -0.123. The highest BCUT2D eigenvalue weighted by Gasteiger charge is 2.29. The Morgan fingerprint density at radius 2 is 1.71 bits per heavy atom. The summed E-state index contributed by atoms with van der Waals surface area (Å²) in [5, 5.41) is 24.0. The average Bonchev–Trinajstić information content (AvgIpc) is 2.61. The third kappa shape index (κ3) is 5.50. The molecule has 3 N–H and O–H groups in total. The predicted octanol–water partition coefficient (Wildman–Crippen LogP) is 4.73. The number of nitrogens with one attached hydrogen (secondary N) is 1. The third-order valence-corrected chi connectivity index (χ3v) is 6.31. The van der Waals surface area contributed by atoms with Crippen LogP contribution in [0.15, 0.2) is 12.1 Å². The van der Waals surface area contributed by atoms with Gasteiger partial charge in [0.25, 0.3) is 0 Å². The molecule has 0 saturated heterocycles. The van der Waals surface area contributed by atoms with Crippen molar-refractivity contribution in [3.05, 3.63) is 28.8 Å². The zero-order valence-electron chi connectivity index (χ0n) is 18.6. The van der Waals surface area contributed by atoms with Gasteiger partial charge < -0.3 is 15.5 Å². The Kier molecular flexibility index (Phi) is 7.19. The first-order valence-electron chi connectivity index (χ1n) is 10.8. The van der Waals surface area contributed by atoms with Crippen molar-refractivity contribution in [2.45, 2.75) is 109 Å². The number of phenolic OH excluding ortho intramolecular Hbond substituents is 1. The van der Waals surface area contributed by atoms with Gasteiger partial charge in [-0.05, 0) is 47.6 Å². The van der Waals surface area contributed by atoms with Gasteiger partial charge in [-0.2, -0.15) is 0 Å². The normalized spacial score (nSPS) is 20.8. The number of aryl methyl sites for hydroxylation is 1. The first-order chi connectivity index (χ1) is 13.0. The zero-order chi connectivity index (χ0) is 21.1. The van der Waals surface area contributed by atoms with E-state index in [1.54, 1.807) is 0 Å². The molecule has 1 aliphatic rings. The molecular weight excluding hydrogens is 350 g/mol. The monoisotopic (exact) mass is 389 g/mol. The molecule has 1 aromatic rings. The smallest absolute Gasteiger partial charge is 0.220 e. The predicted molar refractivity (Wildman–Crippen MR) is 115 cm³/mol. The molecule has 4 heteroatoms. The molecule has 1 aliphatic carbocycles. The second-order valence-corrected chi connectivity index (χ2v) is 10.1. The highest BCUT2D eigenvalue weighted by atomic mass is 16.3. The molecule has 158 valence electrons. The lowest BCUT2D eigenvalue weighted by Gasteiger charge is -2.30. The maximum absolute atomic E-state index is 12.4. The fourth-order valence-electron chi connectivity index (χ4n) is 3.93. The largest absolute Gasteiger partial charge is 0.507 e. The number of amides is 1. The van der Waals surface area contributed by atoms with Crippen molar-refractivity contribution in [1.82, 2.24) is 5.32 Å². The molecule has 0 aromatic heterocycles. The van der Waals surface area contributed by atoms with Crippen LogP contribution in [0.5, 0.6) is 5.75 Å². The number of hydrogen-bond donors (Lipinski definition) is 3. The minimum atomic E-state index is -0.421. The van der Waals surface area contributed by atoms with Crippen molar-refractivity contribution < 1.29 is 15.0 Å². The molecule has 1 saturated carbocycles. The molecule has 28 heavy (non-hydrogen) atoms. The van der Waals surface area contributed by atoms with Gasteiger partial charge in [0.2, 0.25) is 5.91 Å². The van der Waals surface area contributed by atoms with E-state index >= 15 is 0 Å². The van der Waals surface area contributed by atoms with Crippen molar-refractivity contribution in [2.24, 2.45) is 0 Å². The summed E-state index contributed by atoms with van der Waals surface area (Å²) in [7, 11) is 0. The van der Waals surface area contributed by atoms with Gasteiger partial charge >= 0.3 is 0 Å². The van der Waals surface area contributed by atoms with Crippen molar-refractivity contribution in [1.29, 1.82) is 0 Å². The average molecular weight is 390 g/mol. The molecule has 2 unspecified atom stereocenters. The van der Waals surface area contributed by atoms with Crippen molar-refractivity contribution in [3.63, 3.8) is 0 Å². The molecule has 1 amide bonds. The number of carbonyl (C=O) groups excluding carboxylic acids is 1. The van der Waals surface area contributed by atoms with Crippen LogP contribution in [0, 0.1) is 0 Å². The first kappa shape index (κ1) is 22.7. The molecule has 2 atom stereocenters. The highest BCUT2D eigenvalue weighted by Crippen LogP contribution is 2.41. The molecule has 0 spiro atoms. The van der Waals surface area contributed by atoms with Crippen molar-refractivity contribution in [2.75, 3.05) is 0 Å². The molecule has 0 bridgehead atoms. The fraction of sp³-hybridized carbons (Fsp3) is 0.708. The molecular formula is C24H39NO3. The second-order valence-electron chi connectivity index (χ2n) is 10.1. The molecule has 1 fully saturated rings. The minimum Gasteiger partial charge on any atom is -0.507 e. The van der Waals surface area contributed by atoms with Crippen LogP contribution in [0.3, 0.4) is 0 Å². The van der Waals surface area contributed by atoms with Gasteiger partial charge in [-0.15, -0.1) is 0 Å². The summed E-state index contributed by atoms with van der Waals surface area (Å²) in [5.41, 5.74) is 2.67. The van der Waals surface area contributed by atoms with Gasteiger partial charge in [-0.25, -0.2) is 0 Å². The van der Waals surface area contributed by atoms with Crippen LogP contribution in [0.25, 0.3) is 0 Å². The van der Waals surface area contributed by atoms with Crippen molar-refractivity contribution in [3.8, 4) is 5.75 Å². The van der Waals surface area contributed by atoms with E-state index in [0.29, 0.717) is 18.6 Å². The number of hydrogen-bond acceptors (Lipinski definition) is 3. The fourth-order valence-corrected chi connectivity index (χ4v) is 3.93. The maximum atomic E-state index is 12.4. The topological polar surface area (TPSA) is 69.6 Å². The van der Waals surface area contributed by atoms with Crippen LogP contribution >= 0.6 is 0 Å².